The van der Waals surface area contributed by atoms with Crippen molar-refractivity contribution >= 4 is 11.6 Å². The van der Waals surface area contributed by atoms with Crippen molar-refractivity contribution in [1.82, 2.24) is 14.5 Å². The zero-order chi connectivity index (χ0) is 18.1. The van der Waals surface area contributed by atoms with Crippen LogP contribution < -0.4 is 10.6 Å². The number of aryl methyl sites for hydroxylation is 1. The molecule has 7 nitrogen and oxygen atoms in total. The van der Waals surface area contributed by atoms with E-state index in [1.807, 2.05) is 47.0 Å². The lowest BCUT2D eigenvalue weighted by Gasteiger charge is -2.29. The monoisotopic (exact) mass is 355 g/mol. The molecule has 0 unspecified atom stereocenters. The maximum atomic E-state index is 12.9. The number of benzene rings is 1. The van der Waals surface area contributed by atoms with Crippen LogP contribution in [0.25, 0.3) is 0 Å². The predicted molar refractivity (Wildman–Crippen MR) is 99.3 cm³/mol. The number of likely N-dealkylation sites (tertiary alicyclic amines) is 1. The zero-order valence-electron chi connectivity index (χ0n) is 15.0. The second-order valence-corrected chi connectivity index (χ2v) is 7.06. The summed E-state index contributed by atoms with van der Waals surface area (Å²) < 4.78 is 7.37. The second kappa shape index (κ2) is 7.09. The van der Waals surface area contributed by atoms with Crippen LogP contribution in [0.4, 0.5) is 5.69 Å². The number of ether oxygens (including phenoxy) is 1. The van der Waals surface area contributed by atoms with Gasteiger partial charge in [-0.2, -0.15) is 0 Å². The number of anilines is 1. The molecule has 3 heterocycles. The Morgan fingerprint density at radius 2 is 1.92 bits per heavy atom. The molecule has 0 saturated carbocycles. The third-order valence-electron chi connectivity index (χ3n) is 5.38. The molecule has 2 atom stereocenters. The van der Waals surface area contributed by atoms with Crippen LogP contribution >= 0.6 is 0 Å². The Hall–Kier alpha value is -2.38. The summed E-state index contributed by atoms with van der Waals surface area (Å²) in [6.07, 6.45) is 3.62. The van der Waals surface area contributed by atoms with E-state index in [0.717, 1.165) is 37.7 Å². The summed E-state index contributed by atoms with van der Waals surface area (Å²) >= 11 is 0. The first-order valence-electron chi connectivity index (χ1n) is 9.07. The number of amides is 1. The molecule has 0 spiro atoms. The normalized spacial score (nSPS) is 23.5. The number of hydrogen-bond acceptors (Lipinski definition) is 5. The molecule has 2 aliphatic heterocycles. The topological polar surface area (TPSA) is 76.6 Å². The first-order chi connectivity index (χ1) is 12.6. The summed E-state index contributed by atoms with van der Waals surface area (Å²) in [5, 5.41) is 0. The van der Waals surface area contributed by atoms with Crippen molar-refractivity contribution < 1.29 is 9.53 Å². The molecule has 4 rings (SSSR count). The van der Waals surface area contributed by atoms with E-state index in [4.69, 9.17) is 10.5 Å². The van der Waals surface area contributed by atoms with Gasteiger partial charge >= 0.3 is 0 Å². The molecule has 2 fully saturated rings. The Morgan fingerprint density at radius 3 is 2.58 bits per heavy atom. The average Bonchev–Trinajstić information content (AvgIpc) is 3.27. The molecule has 138 valence electrons. The Kier molecular flexibility index (Phi) is 4.65. The Morgan fingerprint density at radius 1 is 1.19 bits per heavy atom. The molecule has 2 aliphatic rings. The Bertz CT molecular complexity index is 766. The van der Waals surface area contributed by atoms with Crippen LogP contribution in [-0.4, -0.2) is 65.8 Å². The fourth-order valence-electron chi connectivity index (χ4n) is 3.85. The number of aromatic nitrogens is 2. The van der Waals surface area contributed by atoms with Gasteiger partial charge in [-0.15, -0.1) is 0 Å². The summed E-state index contributed by atoms with van der Waals surface area (Å²) in [5.74, 6) is 0.165. The minimum Gasteiger partial charge on any atom is -0.378 e. The van der Waals surface area contributed by atoms with E-state index in [2.05, 4.69) is 9.88 Å². The summed E-state index contributed by atoms with van der Waals surface area (Å²) in [6.45, 7) is 4.48. The zero-order valence-corrected chi connectivity index (χ0v) is 15.0. The van der Waals surface area contributed by atoms with Gasteiger partial charge in [0.25, 0.3) is 5.91 Å². The average molecular weight is 355 g/mol. The number of nitrogens with two attached hydrogens (primary N) is 1. The lowest BCUT2D eigenvalue weighted by atomic mass is 10.0. The summed E-state index contributed by atoms with van der Waals surface area (Å²) in [4.78, 5) is 21.2. The van der Waals surface area contributed by atoms with Gasteiger partial charge in [-0.25, -0.2) is 4.98 Å². The van der Waals surface area contributed by atoms with Crippen molar-refractivity contribution in [1.29, 1.82) is 0 Å². The van der Waals surface area contributed by atoms with Crippen LogP contribution in [0.15, 0.2) is 36.8 Å². The fourth-order valence-corrected chi connectivity index (χ4v) is 3.85. The molecule has 2 saturated heterocycles. The number of nitrogens with zero attached hydrogens (tertiary/aromatic N) is 4. The molecule has 1 amide bonds. The van der Waals surface area contributed by atoms with E-state index in [9.17, 15) is 4.79 Å². The van der Waals surface area contributed by atoms with Crippen molar-refractivity contribution in [2.45, 2.75) is 12.0 Å². The highest BCUT2D eigenvalue weighted by molar-refractivity contribution is 5.95. The van der Waals surface area contributed by atoms with E-state index in [0.29, 0.717) is 18.7 Å². The van der Waals surface area contributed by atoms with Crippen molar-refractivity contribution in [2.24, 2.45) is 12.8 Å². The molecule has 1 aromatic heterocycles. The van der Waals surface area contributed by atoms with E-state index in [-0.39, 0.29) is 17.9 Å². The molecular formula is C19H25N5O2. The maximum absolute atomic E-state index is 12.9. The minimum atomic E-state index is -0.0676. The highest BCUT2D eigenvalue weighted by Gasteiger charge is 2.35. The summed E-state index contributed by atoms with van der Waals surface area (Å²) in [7, 11) is 1.96. The first-order valence-corrected chi connectivity index (χ1v) is 9.07. The molecule has 26 heavy (non-hydrogen) atoms. The van der Waals surface area contributed by atoms with Crippen LogP contribution in [0, 0.1) is 0 Å². The third kappa shape index (κ3) is 3.20. The maximum Gasteiger partial charge on any atom is 0.253 e. The minimum absolute atomic E-state index is 0.0404. The van der Waals surface area contributed by atoms with Gasteiger partial charge in [0.2, 0.25) is 0 Å². The van der Waals surface area contributed by atoms with E-state index in [1.54, 1.807) is 6.33 Å². The van der Waals surface area contributed by atoms with Gasteiger partial charge in [0.05, 0.1) is 19.5 Å². The SMILES string of the molecule is Cn1cncc1[C@@H]1CN(C(=O)c2ccc(N3CCOCC3)cc2)C[C@H]1N. The number of imidazole rings is 1. The van der Waals surface area contributed by atoms with Gasteiger partial charge in [-0.3, -0.25) is 4.79 Å². The number of hydrogen-bond donors (Lipinski definition) is 1. The standard InChI is InChI=1S/C19H25N5O2/c1-22-13-21-10-18(22)16-11-24(12-17(16)20)19(25)14-2-4-15(5-3-14)23-6-8-26-9-7-23/h2-5,10,13,16-17H,6-9,11-12,20H2,1H3/t16-,17-/m1/s1. The third-order valence-corrected chi connectivity index (χ3v) is 5.38. The highest BCUT2D eigenvalue weighted by Crippen LogP contribution is 2.27. The highest BCUT2D eigenvalue weighted by atomic mass is 16.5. The van der Waals surface area contributed by atoms with Gasteiger partial charge in [0.15, 0.2) is 0 Å². The van der Waals surface area contributed by atoms with Crippen LogP contribution in [0.2, 0.25) is 0 Å². The molecule has 0 aliphatic carbocycles. The van der Waals surface area contributed by atoms with Gasteiger partial charge < -0.3 is 24.8 Å². The van der Waals surface area contributed by atoms with Crippen molar-refractivity contribution in [3.8, 4) is 0 Å². The predicted octanol–water partition coefficient (Wildman–Crippen LogP) is 0.824. The molecule has 1 aromatic carbocycles. The van der Waals surface area contributed by atoms with Crippen molar-refractivity contribution in [3.05, 3.63) is 48.0 Å². The molecular weight excluding hydrogens is 330 g/mol. The Balaban J connectivity index is 1.45. The molecule has 7 heteroatoms. The first kappa shape index (κ1) is 17.1. The van der Waals surface area contributed by atoms with Crippen LogP contribution in [0.5, 0.6) is 0 Å². The summed E-state index contributed by atoms with van der Waals surface area (Å²) in [6, 6.07) is 7.80. The van der Waals surface area contributed by atoms with Crippen LogP contribution in [0.1, 0.15) is 22.0 Å². The van der Waals surface area contributed by atoms with Crippen molar-refractivity contribution in [2.75, 3.05) is 44.3 Å². The second-order valence-electron chi connectivity index (χ2n) is 7.06. The number of morpholine rings is 1. The Labute approximate surface area is 153 Å². The largest absolute Gasteiger partial charge is 0.378 e. The quantitative estimate of drug-likeness (QED) is 0.882. The smallest absolute Gasteiger partial charge is 0.253 e. The molecule has 0 radical (unpaired) electrons. The van der Waals surface area contributed by atoms with E-state index in [1.165, 1.54) is 0 Å². The van der Waals surface area contributed by atoms with Gasteiger partial charge in [0.1, 0.15) is 0 Å². The van der Waals surface area contributed by atoms with Crippen LogP contribution in [-0.2, 0) is 11.8 Å². The van der Waals surface area contributed by atoms with Gasteiger partial charge in [0, 0.05) is 68.3 Å². The molecule has 2 aromatic rings. The fraction of sp³-hybridized carbons (Fsp3) is 0.474. The van der Waals surface area contributed by atoms with Crippen molar-refractivity contribution in [3.63, 3.8) is 0 Å². The summed E-state index contributed by atoms with van der Waals surface area (Å²) in [5.41, 5.74) is 9.24. The molecule has 0 bridgehead atoms. The lowest BCUT2D eigenvalue weighted by Crippen LogP contribution is -2.36. The van der Waals surface area contributed by atoms with Gasteiger partial charge in [-0.05, 0) is 24.3 Å². The lowest BCUT2D eigenvalue weighted by molar-refractivity contribution is 0.0789. The van der Waals surface area contributed by atoms with E-state index >= 15 is 0 Å². The number of carbonyl (C=O) groups is 1. The van der Waals surface area contributed by atoms with E-state index < -0.39 is 0 Å². The molecule has 2 N–H and O–H groups in total. The number of carbonyl (C=O) groups excluding carboxylic acids is 1. The van der Waals surface area contributed by atoms with Gasteiger partial charge in [-0.1, -0.05) is 0 Å². The number of rotatable bonds is 3. The van der Waals surface area contributed by atoms with Crippen LogP contribution in [0.3, 0.4) is 0 Å².